The molecule has 6 heteroatoms. The lowest BCUT2D eigenvalue weighted by Gasteiger charge is -2.34. The van der Waals surface area contributed by atoms with Crippen LogP contribution in [0.15, 0.2) is 60.9 Å². The van der Waals surface area contributed by atoms with E-state index in [0.29, 0.717) is 11.1 Å². The van der Waals surface area contributed by atoms with Crippen LogP contribution >= 0.6 is 0 Å². The smallest absolute Gasteiger partial charge is 0.256 e. The van der Waals surface area contributed by atoms with Crippen molar-refractivity contribution in [1.29, 1.82) is 0 Å². The predicted octanol–water partition coefficient (Wildman–Crippen LogP) is 3.93. The molecule has 1 fully saturated rings. The number of benzene rings is 2. The van der Waals surface area contributed by atoms with Crippen LogP contribution in [0.3, 0.4) is 0 Å². The van der Waals surface area contributed by atoms with Gasteiger partial charge in [-0.25, -0.2) is 0 Å². The van der Waals surface area contributed by atoms with Gasteiger partial charge in [0.15, 0.2) is 0 Å². The summed E-state index contributed by atoms with van der Waals surface area (Å²) in [6.07, 6.45) is 6.09. The Morgan fingerprint density at radius 2 is 1.83 bits per heavy atom. The summed E-state index contributed by atoms with van der Waals surface area (Å²) in [7, 11) is 2.00. The van der Waals surface area contributed by atoms with Crippen molar-refractivity contribution in [3.63, 3.8) is 0 Å². The molecule has 0 radical (unpaired) electrons. The zero-order valence-corrected chi connectivity index (χ0v) is 16.7. The van der Waals surface area contributed by atoms with Crippen LogP contribution < -0.4 is 0 Å². The highest BCUT2D eigenvalue weighted by Gasteiger charge is 2.46. The number of fused-ring (bicyclic) bond motifs is 5. The number of hydrogen-bond acceptors (Lipinski definition) is 4. The van der Waals surface area contributed by atoms with E-state index in [2.05, 4.69) is 34.2 Å². The second-order valence-corrected chi connectivity index (χ2v) is 8.10. The van der Waals surface area contributed by atoms with Gasteiger partial charge in [0.25, 0.3) is 5.91 Å². The summed E-state index contributed by atoms with van der Waals surface area (Å²) in [6, 6.07) is 16.3. The van der Waals surface area contributed by atoms with E-state index in [0.717, 1.165) is 30.5 Å². The molecule has 0 saturated carbocycles. The Hall–Kier alpha value is -3.54. The molecule has 2 atom stereocenters. The second-order valence-electron chi connectivity index (χ2n) is 8.10. The topological polar surface area (TPSA) is 63.9 Å². The summed E-state index contributed by atoms with van der Waals surface area (Å²) in [5.41, 5.74) is 6.73. The molecule has 0 N–H and O–H groups in total. The molecule has 2 aliphatic rings. The lowest BCUT2D eigenvalue weighted by Crippen LogP contribution is -2.42. The molecule has 6 nitrogen and oxygen atoms in total. The maximum Gasteiger partial charge on any atom is 0.256 e. The van der Waals surface area contributed by atoms with Crippen LogP contribution in [0.25, 0.3) is 22.3 Å². The van der Waals surface area contributed by atoms with E-state index in [1.807, 2.05) is 40.9 Å². The van der Waals surface area contributed by atoms with Gasteiger partial charge in [-0.1, -0.05) is 36.4 Å². The highest BCUT2D eigenvalue weighted by atomic mass is 16.2. The van der Waals surface area contributed by atoms with Gasteiger partial charge in [0.1, 0.15) is 5.52 Å². The van der Waals surface area contributed by atoms with Crippen molar-refractivity contribution in [1.82, 2.24) is 24.6 Å². The number of nitrogens with zero attached hydrogens (tertiary/aromatic N) is 5. The SMILES string of the molecule is Cn1nc2c(c1-c1ccccc1)C[C@@H]1CC[C@H]2N1C(=O)c1cccc2nccnc12. The van der Waals surface area contributed by atoms with Crippen LogP contribution in [0.4, 0.5) is 0 Å². The van der Waals surface area contributed by atoms with Crippen molar-refractivity contribution in [3.8, 4) is 11.3 Å². The number of rotatable bonds is 2. The summed E-state index contributed by atoms with van der Waals surface area (Å²) < 4.78 is 1.98. The highest BCUT2D eigenvalue weighted by molar-refractivity contribution is 6.05. The minimum atomic E-state index is 0.0156. The standard InChI is InChI=1S/C24H21N5O/c1-28-23(15-6-3-2-4-7-15)18-14-16-10-11-20(22(18)27-28)29(16)24(30)17-8-5-9-19-21(17)26-13-12-25-19/h2-9,12-13,16,20H,10-11,14H2,1H3/t16-,20+/m0/s1. The Kier molecular flexibility index (Phi) is 3.75. The van der Waals surface area contributed by atoms with Gasteiger partial charge in [-0.2, -0.15) is 5.10 Å². The van der Waals surface area contributed by atoms with E-state index in [9.17, 15) is 4.79 Å². The van der Waals surface area contributed by atoms with Crippen LogP contribution in [-0.2, 0) is 13.5 Å². The molecule has 4 aromatic rings. The van der Waals surface area contributed by atoms with Gasteiger partial charge in [0, 0.05) is 36.6 Å². The molecule has 2 aliphatic heterocycles. The number of aryl methyl sites for hydroxylation is 1. The minimum absolute atomic E-state index is 0.0156. The number of hydrogen-bond donors (Lipinski definition) is 0. The molecule has 148 valence electrons. The molecular formula is C24H21N5O. The molecule has 1 amide bonds. The lowest BCUT2D eigenvalue weighted by molar-refractivity contribution is 0.0644. The number of aromatic nitrogens is 4. The van der Waals surface area contributed by atoms with E-state index in [1.54, 1.807) is 12.4 Å². The van der Waals surface area contributed by atoms with Gasteiger partial charge in [-0.15, -0.1) is 0 Å². The van der Waals surface area contributed by atoms with Crippen molar-refractivity contribution < 1.29 is 4.79 Å². The first-order valence-corrected chi connectivity index (χ1v) is 10.4. The Balaban J connectivity index is 1.44. The maximum atomic E-state index is 13.7. The van der Waals surface area contributed by atoms with Crippen molar-refractivity contribution in [2.45, 2.75) is 31.3 Å². The monoisotopic (exact) mass is 395 g/mol. The van der Waals surface area contributed by atoms with E-state index in [-0.39, 0.29) is 18.0 Å². The molecule has 0 aliphatic carbocycles. The van der Waals surface area contributed by atoms with Crippen LogP contribution in [0.1, 0.15) is 40.5 Å². The predicted molar refractivity (Wildman–Crippen MR) is 114 cm³/mol. The van der Waals surface area contributed by atoms with Gasteiger partial charge in [-0.05, 0) is 31.4 Å². The first-order chi connectivity index (χ1) is 14.7. The molecule has 0 spiro atoms. The van der Waals surface area contributed by atoms with Crippen molar-refractivity contribution in [2.75, 3.05) is 0 Å². The third-order valence-electron chi connectivity index (χ3n) is 6.45. The number of carbonyl (C=O) groups is 1. The average Bonchev–Trinajstić information content (AvgIpc) is 3.30. The molecule has 30 heavy (non-hydrogen) atoms. The van der Waals surface area contributed by atoms with Crippen molar-refractivity contribution in [2.24, 2.45) is 7.05 Å². The van der Waals surface area contributed by atoms with Gasteiger partial charge >= 0.3 is 0 Å². The zero-order valence-electron chi connectivity index (χ0n) is 16.7. The van der Waals surface area contributed by atoms with Gasteiger partial charge in [0.2, 0.25) is 0 Å². The molecule has 2 aromatic carbocycles. The third kappa shape index (κ3) is 2.43. The summed E-state index contributed by atoms with van der Waals surface area (Å²) >= 11 is 0. The Morgan fingerprint density at radius 1 is 1.00 bits per heavy atom. The zero-order chi connectivity index (χ0) is 20.2. The molecule has 4 heterocycles. The van der Waals surface area contributed by atoms with Crippen LogP contribution in [0.2, 0.25) is 0 Å². The van der Waals surface area contributed by atoms with E-state index < -0.39 is 0 Å². The van der Waals surface area contributed by atoms with E-state index in [1.165, 1.54) is 16.8 Å². The molecule has 6 rings (SSSR count). The van der Waals surface area contributed by atoms with Crippen molar-refractivity contribution in [3.05, 3.63) is 77.7 Å². The van der Waals surface area contributed by atoms with Crippen LogP contribution in [0.5, 0.6) is 0 Å². The largest absolute Gasteiger partial charge is 0.327 e. The Morgan fingerprint density at radius 3 is 2.70 bits per heavy atom. The molecular weight excluding hydrogens is 374 g/mol. The summed E-state index contributed by atoms with van der Waals surface area (Å²) in [6.45, 7) is 0. The number of para-hydroxylation sites is 1. The van der Waals surface area contributed by atoms with Crippen LogP contribution in [-0.4, -0.2) is 36.6 Å². The fourth-order valence-electron chi connectivity index (χ4n) is 5.21. The maximum absolute atomic E-state index is 13.7. The molecule has 0 unspecified atom stereocenters. The summed E-state index contributed by atoms with van der Waals surface area (Å²) in [4.78, 5) is 24.5. The summed E-state index contributed by atoms with van der Waals surface area (Å²) in [5.74, 6) is 0.0335. The molecule has 2 bridgehead atoms. The molecule has 2 aromatic heterocycles. The number of amides is 1. The lowest BCUT2D eigenvalue weighted by atomic mass is 9.94. The Bertz CT molecular complexity index is 1270. The third-order valence-corrected chi connectivity index (χ3v) is 6.45. The van der Waals surface area contributed by atoms with Gasteiger partial charge in [0.05, 0.1) is 28.5 Å². The van der Waals surface area contributed by atoms with Gasteiger partial charge in [-0.3, -0.25) is 19.4 Å². The van der Waals surface area contributed by atoms with Gasteiger partial charge < -0.3 is 4.90 Å². The second kappa shape index (κ2) is 6.49. The van der Waals surface area contributed by atoms with Crippen LogP contribution in [0, 0.1) is 0 Å². The first-order valence-electron chi connectivity index (χ1n) is 10.4. The minimum Gasteiger partial charge on any atom is -0.327 e. The van der Waals surface area contributed by atoms with E-state index in [4.69, 9.17) is 5.10 Å². The molecule has 1 saturated heterocycles. The average molecular weight is 395 g/mol. The first kappa shape index (κ1) is 17.3. The fourth-order valence-corrected chi connectivity index (χ4v) is 5.21. The normalized spacial score (nSPS) is 19.8. The fraction of sp³-hybridized carbons (Fsp3) is 0.250. The summed E-state index contributed by atoms with van der Waals surface area (Å²) in [5, 5.41) is 4.89. The van der Waals surface area contributed by atoms with E-state index >= 15 is 0 Å². The highest BCUT2D eigenvalue weighted by Crippen LogP contribution is 2.46. The quantitative estimate of drug-likeness (QED) is 0.516. The Labute approximate surface area is 174 Å². The number of carbonyl (C=O) groups excluding carboxylic acids is 1. The van der Waals surface area contributed by atoms with Crippen molar-refractivity contribution >= 4 is 16.9 Å².